The predicted octanol–water partition coefficient (Wildman–Crippen LogP) is -2.11. The van der Waals surface area contributed by atoms with Crippen molar-refractivity contribution in [2.45, 2.75) is 49.9 Å². The van der Waals surface area contributed by atoms with Crippen LogP contribution in [0.5, 0.6) is 0 Å². The van der Waals surface area contributed by atoms with Crippen molar-refractivity contribution in [2.24, 2.45) is 22.2 Å². The van der Waals surface area contributed by atoms with E-state index in [1.54, 1.807) is 30.3 Å². The highest BCUT2D eigenvalue weighted by Crippen LogP contribution is 2.07. The molecule has 0 aliphatic rings. The minimum Gasteiger partial charge on any atom is -0.480 e. The molecule has 206 valence electrons. The lowest BCUT2D eigenvalue weighted by atomic mass is 10.0. The number of benzene rings is 1. The summed E-state index contributed by atoms with van der Waals surface area (Å²) in [5, 5.41) is 26.3. The minimum absolute atomic E-state index is 0.0877. The van der Waals surface area contributed by atoms with Gasteiger partial charge in [0.2, 0.25) is 17.7 Å². The number of aliphatic carboxylic acids is 1. The molecule has 4 atom stereocenters. The van der Waals surface area contributed by atoms with Crippen molar-refractivity contribution in [1.82, 2.24) is 16.0 Å². The Balaban J connectivity index is 3.10. The van der Waals surface area contributed by atoms with Crippen LogP contribution in [0.2, 0.25) is 0 Å². The van der Waals surface area contributed by atoms with Crippen molar-refractivity contribution < 1.29 is 29.4 Å². The number of aliphatic hydroxyl groups is 1. The van der Waals surface area contributed by atoms with Crippen molar-refractivity contribution >= 4 is 41.4 Å². The third-order valence-corrected chi connectivity index (χ3v) is 5.90. The number of nitrogens with zero attached hydrogens (tertiary/aromatic N) is 1. The second kappa shape index (κ2) is 17.2. The minimum atomic E-state index is -1.24. The molecule has 0 heterocycles. The summed E-state index contributed by atoms with van der Waals surface area (Å²) in [5.74, 6) is -2.92. The van der Waals surface area contributed by atoms with Gasteiger partial charge in [0.05, 0.1) is 6.61 Å². The number of carbonyl (C=O) groups is 4. The number of carboxylic acid groups (broad SMARTS) is 1. The highest BCUT2D eigenvalue weighted by Gasteiger charge is 2.30. The van der Waals surface area contributed by atoms with E-state index in [4.69, 9.17) is 17.2 Å². The number of nitrogens with one attached hydrogen (secondary N) is 3. The van der Waals surface area contributed by atoms with Crippen LogP contribution in [0.3, 0.4) is 0 Å². The van der Waals surface area contributed by atoms with Gasteiger partial charge < -0.3 is 43.4 Å². The number of carboxylic acids is 1. The van der Waals surface area contributed by atoms with Gasteiger partial charge in [-0.1, -0.05) is 30.3 Å². The number of aliphatic imine (C=N–C) groups is 1. The van der Waals surface area contributed by atoms with E-state index in [-0.39, 0.29) is 31.8 Å². The van der Waals surface area contributed by atoms with Crippen LogP contribution < -0.4 is 33.2 Å². The molecule has 1 rings (SSSR count). The highest BCUT2D eigenvalue weighted by atomic mass is 32.2. The summed E-state index contributed by atoms with van der Waals surface area (Å²) in [6, 6.07) is 4.25. The lowest BCUT2D eigenvalue weighted by Gasteiger charge is -2.25. The molecule has 0 aliphatic carbocycles. The molecule has 14 heteroatoms. The highest BCUT2D eigenvalue weighted by molar-refractivity contribution is 7.98. The third kappa shape index (κ3) is 12.4. The predicted molar refractivity (Wildman–Crippen MR) is 142 cm³/mol. The van der Waals surface area contributed by atoms with Gasteiger partial charge in [-0.2, -0.15) is 11.8 Å². The molecule has 0 bridgehead atoms. The fraction of sp³-hybridized carbons (Fsp3) is 0.522. The molecular weight excluding hydrogens is 502 g/mol. The average molecular weight is 540 g/mol. The summed E-state index contributed by atoms with van der Waals surface area (Å²) in [5.41, 5.74) is 17.0. The molecule has 3 amide bonds. The Kier molecular flexibility index (Phi) is 14.7. The molecule has 13 nitrogen and oxygen atoms in total. The second-order valence-corrected chi connectivity index (χ2v) is 9.22. The number of rotatable bonds is 17. The van der Waals surface area contributed by atoms with Crippen LogP contribution in [-0.4, -0.2) is 89.2 Å². The lowest BCUT2D eigenvalue weighted by molar-refractivity contribution is -0.142. The third-order valence-electron chi connectivity index (χ3n) is 5.25. The number of hydrogen-bond donors (Lipinski definition) is 8. The topological polar surface area (TPSA) is 235 Å². The Morgan fingerprint density at radius 3 is 2.11 bits per heavy atom. The van der Waals surface area contributed by atoms with Gasteiger partial charge in [-0.05, 0) is 36.8 Å². The second-order valence-electron chi connectivity index (χ2n) is 8.23. The van der Waals surface area contributed by atoms with Crippen LogP contribution in [0.15, 0.2) is 35.3 Å². The van der Waals surface area contributed by atoms with Crippen LogP contribution in [-0.2, 0) is 25.6 Å². The zero-order valence-corrected chi connectivity index (χ0v) is 21.6. The summed E-state index contributed by atoms with van der Waals surface area (Å²) >= 11 is 1.44. The first kappa shape index (κ1) is 31.7. The normalized spacial score (nSPS) is 13.9. The number of nitrogens with two attached hydrogens (primary N) is 3. The zero-order valence-electron chi connectivity index (χ0n) is 20.8. The van der Waals surface area contributed by atoms with Gasteiger partial charge in [-0.25, -0.2) is 4.79 Å². The SMILES string of the molecule is CSCCC(NC(=O)C(CCCN=C(N)N)NC(=O)C(Cc1ccccc1)NC(=O)C(N)CO)C(=O)O. The Morgan fingerprint density at radius 1 is 0.946 bits per heavy atom. The van der Waals surface area contributed by atoms with Gasteiger partial charge in [0.15, 0.2) is 5.96 Å². The first-order valence-corrected chi connectivity index (χ1v) is 13.1. The van der Waals surface area contributed by atoms with E-state index in [1.165, 1.54) is 11.8 Å². The molecule has 0 saturated carbocycles. The first-order valence-electron chi connectivity index (χ1n) is 11.7. The van der Waals surface area contributed by atoms with Gasteiger partial charge in [0.1, 0.15) is 24.2 Å². The van der Waals surface area contributed by atoms with E-state index < -0.39 is 54.5 Å². The molecule has 0 saturated heterocycles. The van der Waals surface area contributed by atoms with Crippen LogP contribution in [0, 0.1) is 0 Å². The monoisotopic (exact) mass is 539 g/mol. The van der Waals surface area contributed by atoms with E-state index >= 15 is 0 Å². The summed E-state index contributed by atoms with van der Waals surface area (Å²) in [6.07, 6.45) is 2.51. The molecule has 0 fully saturated rings. The van der Waals surface area contributed by atoms with Crippen molar-refractivity contribution in [1.29, 1.82) is 0 Å². The average Bonchev–Trinajstić information content (AvgIpc) is 2.87. The summed E-state index contributed by atoms with van der Waals surface area (Å²) in [4.78, 5) is 54.1. The molecule has 0 spiro atoms. The fourth-order valence-electron chi connectivity index (χ4n) is 3.23. The standard InChI is InChI=1S/C23H37N7O6S/c1-37-11-9-17(22(35)36)29-20(33)16(8-5-10-27-23(25)26)28-21(34)18(30-19(32)15(24)13-31)12-14-6-3-2-4-7-14/h2-4,6-7,15-18,31H,5,8-13,24H2,1H3,(H,28,34)(H,29,33)(H,30,32)(H,35,36)(H4,25,26,27). The maximum absolute atomic E-state index is 13.2. The van der Waals surface area contributed by atoms with E-state index in [2.05, 4.69) is 20.9 Å². The fourth-order valence-corrected chi connectivity index (χ4v) is 3.70. The van der Waals surface area contributed by atoms with Gasteiger partial charge in [-0.3, -0.25) is 19.4 Å². The lowest BCUT2D eigenvalue weighted by Crippen LogP contribution is -2.58. The van der Waals surface area contributed by atoms with Crippen LogP contribution in [0.1, 0.15) is 24.8 Å². The summed E-state index contributed by atoms with van der Waals surface area (Å²) in [6.45, 7) is -0.430. The van der Waals surface area contributed by atoms with Gasteiger partial charge >= 0.3 is 5.97 Å². The Labute approximate surface area is 220 Å². The van der Waals surface area contributed by atoms with Crippen LogP contribution in [0.4, 0.5) is 0 Å². The van der Waals surface area contributed by atoms with E-state index in [9.17, 15) is 29.4 Å². The Morgan fingerprint density at radius 2 is 1.54 bits per heavy atom. The number of amides is 3. The Bertz CT molecular complexity index is 914. The number of guanidine groups is 1. The van der Waals surface area contributed by atoms with Crippen LogP contribution in [0.25, 0.3) is 0 Å². The van der Waals surface area contributed by atoms with Crippen molar-refractivity contribution in [3.05, 3.63) is 35.9 Å². The molecule has 0 aromatic heterocycles. The summed E-state index contributed by atoms with van der Waals surface area (Å²) in [7, 11) is 0. The van der Waals surface area contributed by atoms with Crippen molar-refractivity contribution in [3.8, 4) is 0 Å². The van der Waals surface area contributed by atoms with Crippen molar-refractivity contribution in [3.63, 3.8) is 0 Å². The van der Waals surface area contributed by atoms with E-state index in [0.29, 0.717) is 12.2 Å². The molecular formula is C23H37N7O6S. The molecule has 11 N–H and O–H groups in total. The molecule has 1 aromatic rings. The first-order chi connectivity index (χ1) is 17.6. The molecule has 0 radical (unpaired) electrons. The zero-order chi connectivity index (χ0) is 27.8. The molecule has 1 aromatic carbocycles. The molecule has 37 heavy (non-hydrogen) atoms. The van der Waals surface area contributed by atoms with Gasteiger partial charge in [0, 0.05) is 13.0 Å². The maximum Gasteiger partial charge on any atom is 0.326 e. The largest absolute Gasteiger partial charge is 0.480 e. The Hall–Kier alpha value is -3.36. The van der Waals surface area contributed by atoms with Crippen LogP contribution >= 0.6 is 11.8 Å². The quantitative estimate of drug-likeness (QED) is 0.0609. The van der Waals surface area contributed by atoms with Crippen molar-refractivity contribution in [2.75, 3.05) is 25.2 Å². The number of hydrogen-bond acceptors (Lipinski definition) is 8. The molecule has 0 aliphatic heterocycles. The smallest absolute Gasteiger partial charge is 0.326 e. The molecule has 4 unspecified atom stereocenters. The van der Waals surface area contributed by atoms with E-state index in [1.807, 2.05) is 6.26 Å². The van der Waals surface area contributed by atoms with Gasteiger partial charge in [0.25, 0.3) is 0 Å². The number of carbonyl (C=O) groups excluding carboxylic acids is 3. The van der Waals surface area contributed by atoms with E-state index in [0.717, 1.165) is 5.56 Å². The maximum atomic E-state index is 13.2. The number of thioether (sulfide) groups is 1. The number of aliphatic hydroxyl groups excluding tert-OH is 1. The summed E-state index contributed by atoms with van der Waals surface area (Å²) < 4.78 is 0. The van der Waals surface area contributed by atoms with Gasteiger partial charge in [-0.15, -0.1) is 0 Å².